The van der Waals surface area contributed by atoms with Gasteiger partial charge in [-0.15, -0.1) is 0 Å². The molecular weight excluding hydrogens is 342 g/mol. The third-order valence-corrected chi connectivity index (χ3v) is 5.16. The van der Waals surface area contributed by atoms with E-state index in [0.29, 0.717) is 0 Å². The summed E-state index contributed by atoms with van der Waals surface area (Å²) in [6.07, 6.45) is 1.18. The molecule has 0 radical (unpaired) electrons. The smallest absolute Gasteiger partial charge is 0.356 e. The molecule has 1 aliphatic heterocycles. The van der Waals surface area contributed by atoms with Gasteiger partial charge in [-0.25, -0.2) is 13.2 Å². The quantitative estimate of drug-likeness (QED) is 0.783. The molecule has 1 aliphatic rings. The van der Waals surface area contributed by atoms with Crippen molar-refractivity contribution in [3.8, 4) is 11.1 Å². The zero-order valence-electron chi connectivity index (χ0n) is 13.8. The minimum atomic E-state index is -3.23. The van der Waals surface area contributed by atoms with Crippen LogP contribution in [0.15, 0.2) is 58.6 Å². The van der Waals surface area contributed by atoms with Gasteiger partial charge in [0, 0.05) is 6.26 Å². The number of hydrogen-bond acceptors (Lipinski definition) is 6. The number of carbonyl (C=O) groups is 1. The number of methoxy groups -OCH3 is 1. The molecular formula is C18H17NO5S. The van der Waals surface area contributed by atoms with E-state index in [1.165, 1.54) is 13.4 Å². The lowest BCUT2D eigenvalue weighted by molar-refractivity contribution is -0.132. The maximum absolute atomic E-state index is 11.8. The zero-order chi connectivity index (χ0) is 18.0. The first kappa shape index (κ1) is 17.2. The highest BCUT2D eigenvalue weighted by molar-refractivity contribution is 7.90. The van der Waals surface area contributed by atoms with Crippen LogP contribution in [0, 0.1) is 0 Å². The van der Waals surface area contributed by atoms with Crippen molar-refractivity contribution >= 4 is 21.5 Å². The third kappa shape index (κ3) is 3.56. The molecule has 0 aromatic heterocycles. The first-order valence-corrected chi connectivity index (χ1v) is 9.48. The van der Waals surface area contributed by atoms with Gasteiger partial charge in [-0.3, -0.25) is 0 Å². The van der Waals surface area contributed by atoms with Crippen molar-refractivity contribution in [2.45, 2.75) is 10.8 Å². The van der Waals surface area contributed by atoms with Crippen LogP contribution in [0.5, 0.6) is 0 Å². The summed E-state index contributed by atoms with van der Waals surface area (Å²) in [7, 11) is -1.92. The fourth-order valence-corrected chi connectivity index (χ4v) is 3.32. The van der Waals surface area contributed by atoms with Gasteiger partial charge in [0.15, 0.2) is 15.5 Å². The summed E-state index contributed by atoms with van der Waals surface area (Å²) in [5.74, 6) is -0.798. The van der Waals surface area contributed by atoms with E-state index >= 15 is 0 Å². The summed E-state index contributed by atoms with van der Waals surface area (Å²) < 4.78 is 27.9. The highest BCUT2D eigenvalue weighted by atomic mass is 32.2. The number of rotatable bonds is 4. The van der Waals surface area contributed by atoms with Crippen LogP contribution in [-0.4, -0.2) is 40.1 Å². The predicted octanol–water partition coefficient (Wildman–Crippen LogP) is 2.40. The SMILES string of the molecule is COC(=O)C1=NOCC1c1cccc(-c2ccc(S(C)(=O)=O)cc2)c1. The van der Waals surface area contributed by atoms with E-state index in [-0.39, 0.29) is 23.1 Å². The van der Waals surface area contributed by atoms with Crippen LogP contribution in [0.2, 0.25) is 0 Å². The van der Waals surface area contributed by atoms with Gasteiger partial charge in [0.05, 0.1) is 17.9 Å². The molecule has 0 spiro atoms. The van der Waals surface area contributed by atoms with Crippen LogP contribution in [0.4, 0.5) is 0 Å². The number of hydrogen-bond donors (Lipinski definition) is 0. The van der Waals surface area contributed by atoms with Gasteiger partial charge in [0.25, 0.3) is 0 Å². The van der Waals surface area contributed by atoms with Crippen molar-refractivity contribution in [2.75, 3.05) is 20.0 Å². The second kappa shape index (κ2) is 6.68. The van der Waals surface area contributed by atoms with E-state index < -0.39 is 15.8 Å². The average Bonchev–Trinajstić information content (AvgIpc) is 3.10. The van der Waals surface area contributed by atoms with Gasteiger partial charge < -0.3 is 9.57 Å². The molecule has 2 aromatic carbocycles. The molecule has 0 N–H and O–H groups in total. The molecule has 6 nitrogen and oxygen atoms in total. The maximum Gasteiger partial charge on any atom is 0.356 e. The fourth-order valence-electron chi connectivity index (χ4n) is 2.69. The Morgan fingerprint density at radius 2 is 1.88 bits per heavy atom. The summed E-state index contributed by atoms with van der Waals surface area (Å²) in [5, 5.41) is 3.78. The Morgan fingerprint density at radius 1 is 1.16 bits per heavy atom. The molecule has 0 aliphatic carbocycles. The Bertz CT molecular complexity index is 932. The van der Waals surface area contributed by atoms with E-state index in [4.69, 9.17) is 9.57 Å². The summed E-state index contributed by atoms with van der Waals surface area (Å²) in [4.78, 5) is 17.1. The largest absolute Gasteiger partial charge is 0.464 e. The predicted molar refractivity (Wildman–Crippen MR) is 93.1 cm³/mol. The minimum absolute atomic E-state index is 0.243. The lowest BCUT2D eigenvalue weighted by Crippen LogP contribution is -2.22. The van der Waals surface area contributed by atoms with Gasteiger partial charge >= 0.3 is 5.97 Å². The second-order valence-corrected chi connectivity index (χ2v) is 7.75. The third-order valence-electron chi connectivity index (χ3n) is 4.03. The lowest BCUT2D eigenvalue weighted by Gasteiger charge is -2.11. The van der Waals surface area contributed by atoms with Gasteiger partial charge in [-0.05, 0) is 28.8 Å². The molecule has 0 bridgehead atoms. The van der Waals surface area contributed by atoms with Crippen LogP contribution < -0.4 is 0 Å². The molecule has 1 unspecified atom stereocenters. The van der Waals surface area contributed by atoms with E-state index in [1.807, 2.05) is 24.3 Å². The van der Waals surface area contributed by atoms with E-state index in [0.717, 1.165) is 16.7 Å². The molecule has 25 heavy (non-hydrogen) atoms. The zero-order valence-corrected chi connectivity index (χ0v) is 14.6. The molecule has 1 heterocycles. The summed E-state index contributed by atoms with van der Waals surface area (Å²) in [6, 6.07) is 14.3. The number of oxime groups is 1. The van der Waals surface area contributed by atoms with Crippen LogP contribution >= 0.6 is 0 Å². The Morgan fingerprint density at radius 3 is 2.52 bits per heavy atom. The first-order valence-electron chi connectivity index (χ1n) is 7.59. The second-order valence-electron chi connectivity index (χ2n) is 5.74. The number of benzene rings is 2. The van der Waals surface area contributed by atoms with Gasteiger partial charge in [-0.2, -0.15) is 0 Å². The van der Waals surface area contributed by atoms with Crippen molar-refractivity contribution in [1.29, 1.82) is 0 Å². The number of ether oxygens (including phenoxy) is 1. The molecule has 0 saturated carbocycles. The van der Waals surface area contributed by atoms with Crippen LogP contribution in [0.25, 0.3) is 11.1 Å². The molecule has 3 rings (SSSR count). The van der Waals surface area contributed by atoms with Crippen molar-refractivity contribution < 1.29 is 22.8 Å². The van der Waals surface area contributed by atoms with Crippen molar-refractivity contribution in [1.82, 2.24) is 0 Å². The molecule has 0 fully saturated rings. The number of esters is 1. The van der Waals surface area contributed by atoms with E-state index in [9.17, 15) is 13.2 Å². The normalized spacial score (nSPS) is 16.9. The van der Waals surface area contributed by atoms with Gasteiger partial charge in [0.2, 0.25) is 0 Å². The molecule has 0 saturated heterocycles. The Balaban J connectivity index is 1.92. The monoisotopic (exact) mass is 359 g/mol. The van der Waals surface area contributed by atoms with Crippen LogP contribution in [0.3, 0.4) is 0 Å². The topological polar surface area (TPSA) is 82.0 Å². The Labute approximate surface area is 146 Å². The summed E-state index contributed by atoms with van der Waals surface area (Å²) in [6.45, 7) is 0.279. The van der Waals surface area contributed by atoms with Crippen molar-refractivity contribution in [3.63, 3.8) is 0 Å². The fraction of sp³-hybridized carbons (Fsp3) is 0.222. The van der Waals surface area contributed by atoms with Gasteiger partial charge in [0.1, 0.15) is 6.61 Å². The highest BCUT2D eigenvalue weighted by Crippen LogP contribution is 2.28. The van der Waals surface area contributed by atoms with Crippen LogP contribution in [-0.2, 0) is 24.2 Å². The number of carbonyl (C=O) groups excluding carboxylic acids is 1. The number of sulfone groups is 1. The Kier molecular flexibility index (Phi) is 4.59. The minimum Gasteiger partial charge on any atom is -0.464 e. The number of nitrogens with zero attached hydrogens (tertiary/aromatic N) is 1. The standard InChI is InChI=1S/C18H17NO5S/c1-23-18(20)17-16(11-24-19-17)14-5-3-4-13(10-14)12-6-8-15(9-7-12)25(2,21)22/h3-10,16H,11H2,1-2H3. The highest BCUT2D eigenvalue weighted by Gasteiger charge is 2.31. The lowest BCUT2D eigenvalue weighted by atomic mass is 9.92. The average molecular weight is 359 g/mol. The maximum atomic E-state index is 11.8. The molecule has 0 amide bonds. The molecule has 2 aromatic rings. The first-order chi connectivity index (χ1) is 11.9. The molecule has 1 atom stereocenters. The summed E-state index contributed by atoms with van der Waals surface area (Å²) in [5.41, 5.74) is 2.91. The van der Waals surface area contributed by atoms with Crippen molar-refractivity contribution in [3.05, 3.63) is 54.1 Å². The van der Waals surface area contributed by atoms with Gasteiger partial charge in [-0.1, -0.05) is 41.6 Å². The van der Waals surface area contributed by atoms with Crippen LogP contribution in [0.1, 0.15) is 11.5 Å². The van der Waals surface area contributed by atoms with E-state index in [1.54, 1.807) is 24.3 Å². The molecule has 130 valence electrons. The molecule has 7 heteroatoms. The van der Waals surface area contributed by atoms with E-state index in [2.05, 4.69) is 5.16 Å². The van der Waals surface area contributed by atoms with Crippen molar-refractivity contribution in [2.24, 2.45) is 5.16 Å². The Hall–Kier alpha value is -2.67. The summed E-state index contributed by atoms with van der Waals surface area (Å²) >= 11 is 0.